The molecule has 39 heavy (non-hydrogen) atoms. The van der Waals surface area contributed by atoms with Crippen LogP contribution >= 0.6 is 11.6 Å². The van der Waals surface area contributed by atoms with Gasteiger partial charge in [-0.2, -0.15) is 5.10 Å². The molecule has 0 fully saturated rings. The predicted molar refractivity (Wildman–Crippen MR) is 147 cm³/mol. The number of benzene rings is 2. The maximum absolute atomic E-state index is 13.4. The largest absolute Gasteiger partial charge is 0.394 e. The van der Waals surface area contributed by atoms with E-state index in [4.69, 9.17) is 11.6 Å². The lowest BCUT2D eigenvalue weighted by atomic mass is 10.0. The molecule has 11 heteroatoms. The van der Waals surface area contributed by atoms with Crippen LogP contribution in [0.3, 0.4) is 0 Å². The topological polar surface area (TPSA) is 125 Å². The van der Waals surface area contributed by atoms with Crippen LogP contribution in [0.2, 0.25) is 5.02 Å². The van der Waals surface area contributed by atoms with Crippen molar-refractivity contribution in [1.82, 2.24) is 30.0 Å². The number of carbonyl (C=O) groups excluding carboxylic acids is 2. The Morgan fingerprint density at radius 3 is 2.74 bits per heavy atom. The fourth-order valence-electron chi connectivity index (χ4n) is 4.58. The third-order valence-electron chi connectivity index (χ3n) is 6.81. The molecular weight excluding hydrogens is 518 g/mol. The normalized spacial score (nSPS) is 14.2. The number of aromatic nitrogens is 4. The zero-order chi connectivity index (χ0) is 27.7. The molecule has 3 heterocycles. The zero-order valence-electron chi connectivity index (χ0n) is 21.7. The van der Waals surface area contributed by atoms with Crippen molar-refractivity contribution in [2.45, 2.75) is 32.5 Å². The second-order valence-electron chi connectivity index (χ2n) is 9.49. The third kappa shape index (κ3) is 5.34. The van der Waals surface area contributed by atoms with E-state index in [1.54, 1.807) is 37.0 Å². The van der Waals surface area contributed by atoms with E-state index in [9.17, 15) is 14.7 Å². The maximum Gasteiger partial charge on any atom is 0.255 e. The summed E-state index contributed by atoms with van der Waals surface area (Å²) >= 11 is 6.44. The Bertz CT molecular complexity index is 1550. The first kappa shape index (κ1) is 26.3. The molecule has 0 aliphatic carbocycles. The monoisotopic (exact) mass is 545 g/mol. The Hall–Kier alpha value is -4.28. The van der Waals surface area contributed by atoms with Gasteiger partial charge in [0.1, 0.15) is 11.9 Å². The number of anilines is 2. The van der Waals surface area contributed by atoms with Gasteiger partial charge in [-0.1, -0.05) is 53.6 Å². The molecule has 0 bridgehead atoms. The third-order valence-corrected chi connectivity index (χ3v) is 7.09. The lowest BCUT2D eigenvalue weighted by Crippen LogP contribution is -2.46. The summed E-state index contributed by atoms with van der Waals surface area (Å²) in [5, 5.41) is 20.3. The molecule has 2 unspecified atom stereocenters. The minimum Gasteiger partial charge on any atom is -0.394 e. The van der Waals surface area contributed by atoms with Crippen LogP contribution in [0.4, 0.5) is 11.8 Å². The van der Waals surface area contributed by atoms with E-state index in [1.807, 2.05) is 43.3 Å². The molecule has 2 aromatic carbocycles. The average Bonchev–Trinajstić information content (AvgIpc) is 3.49. The average molecular weight is 546 g/mol. The van der Waals surface area contributed by atoms with Crippen molar-refractivity contribution in [2.75, 3.05) is 11.9 Å². The van der Waals surface area contributed by atoms with Gasteiger partial charge in [0.2, 0.25) is 11.9 Å². The Morgan fingerprint density at radius 2 is 2.03 bits per heavy atom. The van der Waals surface area contributed by atoms with E-state index in [-0.39, 0.29) is 18.4 Å². The molecule has 10 nitrogen and oxygen atoms in total. The Labute approximate surface area is 230 Å². The highest BCUT2D eigenvalue weighted by Gasteiger charge is 2.35. The van der Waals surface area contributed by atoms with Gasteiger partial charge in [0.25, 0.3) is 5.91 Å². The van der Waals surface area contributed by atoms with E-state index >= 15 is 0 Å². The van der Waals surface area contributed by atoms with Crippen molar-refractivity contribution < 1.29 is 14.7 Å². The van der Waals surface area contributed by atoms with Gasteiger partial charge in [0.05, 0.1) is 35.8 Å². The molecule has 0 saturated heterocycles. The minimum absolute atomic E-state index is 0.253. The summed E-state index contributed by atoms with van der Waals surface area (Å²) in [5.41, 5.74) is 4.25. The summed E-state index contributed by atoms with van der Waals surface area (Å²) in [6, 6.07) is 13.5. The van der Waals surface area contributed by atoms with Crippen molar-refractivity contribution in [1.29, 1.82) is 0 Å². The summed E-state index contributed by atoms with van der Waals surface area (Å²) in [6.45, 7) is 3.67. The second-order valence-corrected chi connectivity index (χ2v) is 9.90. The van der Waals surface area contributed by atoms with Gasteiger partial charge in [-0.25, -0.2) is 9.97 Å². The molecule has 2 atom stereocenters. The summed E-state index contributed by atoms with van der Waals surface area (Å²) in [5.74, 6) is 0.440. The first-order valence-electron chi connectivity index (χ1n) is 12.4. The summed E-state index contributed by atoms with van der Waals surface area (Å²) in [4.78, 5) is 36.8. The quantitative estimate of drug-likeness (QED) is 0.308. The maximum atomic E-state index is 13.4. The number of halogens is 1. The molecule has 2 aromatic heterocycles. The van der Waals surface area contributed by atoms with Gasteiger partial charge in [-0.05, 0) is 31.0 Å². The molecule has 3 N–H and O–H groups in total. The predicted octanol–water partition coefficient (Wildman–Crippen LogP) is 3.78. The van der Waals surface area contributed by atoms with E-state index in [0.717, 1.165) is 16.7 Å². The fraction of sp³-hybridized carbons (Fsp3) is 0.250. The lowest BCUT2D eigenvalue weighted by molar-refractivity contribution is -0.126. The van der Waals surface area contributed by atoms with E-state index in [2.05, 4.69) is 25.7 Å². The molecular formula is C28H28ClN7O3. The van der Waals surface area contributed by atoms with Gasteiger partial charge in [0.15, 0.2) is 0 Å². The molecule has 1 aliphatic rings. The van der Waals surface area contributed by atoms with Crippen LogP contribution in [-0.4, -0.2) is 54.2 Å². The summed E-state index contributed by atoms with van der Waals surface area (Å²) in [7, 11) is 1.80. The molecule has 5 rings (SSSR count). The van der Waals surface area contributed by atoms with E-state index in [1.165, 1.54) is 11.1 Å². The summed E-state index contributed by atoms with van der Waals surface area (Å²) < 4.78 is 1.65. The number of rotatable bonds is 8. The number of amides is 2. The number of fused-ring (bicyclic) bond motifs is 1. The van der Waals surface area contributed by atoms with Gasteiger partial charge < -0.3 is 20.6 Å². The van der Waals surface area contributed by atoms with Gasteiger partial charge >= 0.3 is 0 Å². The highest BCUT2D eigenvalue weighted by atomic mass is 35.5. The number of aliphatic hydroxyl groups is 1. The Morgan fingerprint density at radius 1 is 1.21 bits per heavy atom. The summed E-state index contributed by atoms with van der Waals surface area (Å²) in [6.07, 6.45) is 3.16. The van der Waals surface area contributed by atoms with E-state index in [0.29, 0.717) is 40.2 Å². The second kappa shape index (κ2) is 10.8. The van der Waals surface area contributed by atoms with E-state index < -0.39 is 12.1 Å². The fourth-order valence-corrected chi connectivity index (χ4v) is 4.78. The van der Waals surface area contributed by atoms with Crippen molar-refractivity contribution >= 4 is 35.2 Å². The first-order valence-corrected chi connectivity index (χ1v) is 12.8. The highest BCUT2D eigenvalue weighted by Crippen LogP contribution is 2.32. The SMILES string of the molecule is Cc1cccc(C(CO)NC(=O)C(C)N2Cc3ccc(-c4nc(Nc5ccnn5C)ncc4Cl)cc3C2=O)c1. The van der Waals surface area contributed by atoms with Crippen LogP contribution in [-0.2, 0) is 18.4 Å². The number of aliphatic hydroxyl groups excluding tert-OH is 1. The molecule has 0 saturated carbocycles. The number of nitrogens with one attached hydrogen (secondary N) is 2. The standard InChI is InChI=1S/C28H28ClN7O3/c1-16-5-4-6-18(11-16)23(15-37)32-26(38)17(2)36-14-20-8-7-19(12-21(20)27(36)39)25-22(29)13-30-28(34-25)33-24-9-10-31-35(24)3/h4-13,17,23,37H,14-15H2,1-3H3,(H,32,38)(H,30,33,34). The van der Waals surface area contributed by atoms with Crippen molar-refractivity contribution in [3.8, 4) is 11.3 Å². The number of nitrogens with zero attached hydrogens (tertiary/aromatic N) is 5. The van der Waals surface area contributed by atoms with Crippen LogP contribution < -0.4 is 10.6 Å². The number of hydrogen-bond donors (Lipinski definition) is 3. The molecule has 200 valence electrons. The molecule has 2 amide bonds. The number of hydrogen-bond acceptors (Lipinski definition) is 7. The van der Waals surface area contributed by atoms with Crippen molar-refractivity contribution in [2.24, 2.45) is 7.05 Å². The number of aryl methyl sites for hydroxylation is 2. The van der Waals surface area contributed by atoms with Crippen molar-refractivity contribution in [3.05, 3.63) is 88.2 Å². The van der Waals surface area contributed by atoms with Crippen LogP contribution in [0.15, 0.2) is 60.9 Å². The molecule has 4 aromatic rings. The van der Waals surface area contributed by atoms with Crippen LogP contribution in [0, 0.1) is 6.92 Å². The van der Waals surface area contributed by atoms with Crippen molar-refractivity contribution in [3.63, 3.8) is 0 Å². The van der Waals surface area contributed by atoms with Gasteiger partial charge in [0, 0.05) is 30.8 Å². The van der Waals surface area contributed by atoms with Crippen LogP contribution in [0.25, 0.3) is 11.3 Å². The Balaban J connectivity index is 1.34. The molecule has 0 spiro atoms. The van der Waals surface area contributed by atoms with Gasteiger partial charge in [-0.3, -0.25) is 14.3 Å². The Kier molecular flexibility index (Phi) is 7.32. The highest BCUT2D eigenvalue weighted by molar-refractivity contribution is 6.33. The smallest absolute Gasteiger partial charge is 0.255 e. The lowest BCUT2D eigenvalue weighted by Gasteiger charge is -2.26. The number of carbonyl (C=O) groups is 2. The van der Waals surface area contributed by atoms with Crippen LogP contribution in [0.1, 0.15) is 40.0 Å². The minimum atomic E-state index is -0.746. The van der Waals surface area contributed by atoms with Gasteiger partial charge in [-0.15, -0.1) is 0 Å². The zero-order valence-corrected chi connectivity index (χ0v) is 22.5. The molecule has 1 aliphatic heterocycles. The first-order chi connectivity index (χ1) is 18.7. The molecule has 0 radical (unpaired) electrons. The van der Waals surface area contributed by atoms with Crippen LogP contribution in [0.5, 0.6) is 0 Å².